The molecular formula is C31H41FN7O4PS. The van der Waals surface area contributed by atoms with Crippen LogP contribution in [0.15, 0.2) is 48.8 Å². The van der Waals surface area contributed by atoms with E-state index in [-0.39, 0.29) is 36.5 Å². The van der Waals surface area contributed by atoms with Crippen molar-refractivity contribution in [3.05, 3.63) is 54.4 Å². The highest BCUT2D eigenvalue weighted by Crippen LogP contribution is 2.51. The number of anilines is 2. The van der Waals surface area contributed by atoms with Crippen LogP contribution in [0.5, 0.6) is 0 Å². The second-order valence-electron chi connectivity index (χ2n) is 12.8. The number of ether oxygens (including phenoxy) is 2. The molecule has 0 saturated carbocycles. The third kappa shape index (κ3) is 7.61. The Bertz CT molecular complexity index is 1740. The van der Waals surface area contributed by atoms with Gasteiger partial charge in [0.25, 0.3) is 0 Å². The number of esters is 1. The normalized spacial score (nSPS) is 22.4. The van der Waals surface area contributed by atoms with Crippen LogP contribution < -0.4 is 16.1 Å². The lowest BCUT2D eigenvalue weighted by atomic mass is 9.99. The van der Waals surface area contributed by atoms with Gasteiger partial charge in [0.2, 0.25) is 11.8 Å². The number of benzene rings is 2. The van der Waals surface area contributed by atoms with Gasteiger partial charge in [-0.15, -0.1) is 0 Å². The van der Waals surface area contributed by atoms with Gasteiger partial charge in [-0.1, -0.05) is 70.2 Å². The summed E-state index contributed by atoms with van der Waals surface area (Å²) in [5.41, 5.74) is 7.59. The lowest BCUT2D eigenvalue weighted by molar-refractivity contribution is -0.172. The zero-order valence-corrected chi connectivity index (χ0v) is 28.1. The number of imidazole rings is 1. The average Bonchev–Trinajstić information content (AvgIpc) is 3.53. The highest BCUT2D eigenvalue weighted by Gasteiger charge is 2.48. The van der Waals surface area contributed by atoms with Gasteiger partial charge in [-0.25, -0.2) is 9.37 Å². The molecule has 11 nitrogen and oxygen atoms in total. The first-order chi connectivity index (χ1) is 21.2. The summed E-state index contributed by atoms with van der Waals surface area (Å²) in [6.45, 7) is 9.34. The molecule has 5 rings (SSSR count). The number of aromatic nitrogens is 4. The quantitative estimate of drug-likeness (QED) is 0.131. The maximum atomic E-state index is 16.5. The van der Waals surface area contributed by atoms with Crippen molar-refractivity contribution in [1.29, 1.82) is 0 Å². The molecule has 242 valence electrons. The van der Waals surface area contributed by atoms with E-state index in [0.717, 1.165) is 16.3 Å². The van der Waals surface area contributed by atoms with E-state index in [9.17, 15) is 4.79 Å². The molecule has 1 aliphatic rings. The zero-order valence-electron chi connectivity index (χ0n) is 26.4. The first kappa shape index (κ1) is 33.2. The number of hydrogen-bond donors (Lipinski definition) is 3. The van der Waals surface area contributed by atoms with Gasteiger partial charge in [-0.3, -0.25) is 14.4 Å². The standard InChI is InChI=1S/C31H41FN7O4PS/c1-19-14-31(32,43-27(19)39-18-35-24-25(34-6)36-29(33)37-26(24)39)17-42-44(45,38-20(2)28(40)41-16-30(3,4)5)15-22-12-9-11-21-10-7-8-13-23(21)22/h7-13,18-20,27H,14-17H2,1-6H3,(H,38,45)(H3,33,34,36,37)/t19-,20-,27+,31-,44?/m0/s1. The Kier molecular flexibility index (Phi) is 9.49. The highest BCUT2D eigenvalue weighted by atomic mass is 32.4. The summed E-state index contributed by atoms with van der Waals surface area (Å²) in [4.78, 5) is 25.9. The number of fused-ring (bicyclic) bond motifs is 2. The minimum absolute atomic E-state index is 0.0452. The van der Waals surface area contributed by atoms with Crippen LogP contribution >= 0.6 is 6.42 Å². The summed E-state index contributed by atoms with van der Waals surface area (Å²) in [5, 5.41) is 8.25. The van der Waals surface area contributed by atoms with Crippen LogP contribution in [0.4, 0.5) is 16.2 Å². The Balaban J connectivity index is 1.38. The van der Waals surface area contributed by atoms with E-state index in [1.165, 1.54) is 0 Å². The molecule has 4 aromatic rings. The molecule has 1 unspecified atom stereocenters. The third-order valence-corrected chi connectivity index (χ3v) is 10.6. The van der Waals surface area contributed by atoms with Crippen molar-refractivity contribution in [2.75, 3.05) is 31.3 Å². The van der Waals surface area contributed by atoms with Crippen molar-refractivity contribution in [2.24, 2.45) is 11.3 Å². The van der Waals surface area contributed by atoms with Crippen molar-refractivity contribution in [1.82, 2.24) is 24.6 Å². The van der Waals surface area contributed by atoms with Crippen molar-refractivity contribution in [2.45, 2.75) is 65.3 Å². The molecule has 3 heterocycles. The summed E-state index contributed by atoms with van der Waals surface area (Å²) in [6.07, 6.45) is -1.92. The Labute approximate surface area is 267 Å². The molecular weight excluding hydrogens is 616 g/mol. The van der Waals surface area contributed by atoms with Gasteiger partial charge >= 0.3 is 5.97 Å². The van der Waals surface area contributed by atoms with E-state index >= 15 is 4.39 Å². The minimum atomic E-state index is -3.07. The van der Waals surface area contributed by atoms with Crippen LogP contribution in [-0.2, 0) is 36.8 Å². The SMILES string of the molecule is CNc1nc(N)nc2c1ncn2[C@@H]1O[C@](F)(COP(=S)(Cc2cccc3ccccc23)N[C@@H](C)C(=O)OCC(C)(C)C)C[C@@H]1C. The molecule has 5 atom stereocenters. The number of nitrogens with two attached hydrogens (primary N) is 1. The van der Waals surface area contributed by atoms with E-state index in [1.54, 1.807) is 24.9 Å². The number of alkyl halides is 1. The molecule has 45 heavy (non-hydrogen) atoms. The molecule has 1 fully saturated rings. The summed E-state index contributed by atoms with van der Waals surface area (Å²) < 4.78 is 36.1. The van der Waals surface area contributed by atoms with Crippen molar-refractivity contribution in [3.8, 4) is 0 Å². The topological polar surface area (TPSA) is 138 Å². The Hall–Kier alpha value is -3.22. The van der Waals surface area contributed by atoms with Crippen molar-refractivity contribution in [3.63, 3.8) is 0 Å². The molecule has 0 aliphatic carbocycles. The number of halogens is 1. The molecule has 4 N–H and O–H groups in total. The van der Waals surface area contributed by atoms with E-state index in [0.29, 0.717) is 17.0 Å². The Morgan fingerprint density at radius 3 is 2.73 bits per heavy atom. The molecule has 0 amide bonds. The fourth-order valence-corrected chi connectivity index (χ4v) is 8.55. The van der Waals surface area contributed by atoms with Crippen LogP contribution in [0.3, 0.4) is 0 Å². The first-order valence-corrected chi connectivity index (χ1v) is 17.8. The fraction of sp³-hybridized carbons (Fsp3) is 0.484. The number of hydrogen-bond acceptors (Lipinski definition) is 10. The Morgan fingerprint density at radius 2 is 2.00 bits per heavy atom. The summed E-state index contributed by atoms with van der Waals surface area (Å²) in [7, 11) is 1.71. The lowest BCUT2D eigenvalue weighted by Crippen LogP contribution is -2.37. The van der Waals surface area contributed by atoms with E-state index < -0.39 is 37.1 Å². The van der Waals surface area contributed by atoms with Crippen LogP contribution in [0, 0.1) is 11.3 Å². The van der Waals surface area contributed by atoms with Gasteiger partial charge in [0.05, 0.1) is 12.9 Å². The maximum absolute atomic E-state index is 16.5. The fourth-order valence-electron chi connectivity index (χ4n) is 5.42. The predicted molar refractivity (Wildman–Crippen MR) is 178 cm³/mol. The second-order valence-corrected chi connectivity index (χ2v) is 16.8. The lowest BCUT2D eigenvalue weighted by Gasteiger charge is -2.30. The molecule has 1 saturated heterocycles. The molecule has 0 radical (unpaired) electrons. The van der Waals surface area contributed by atoms with Gasteiger partial charge in [0.15, 0.2) is 17.0 Å². The number of nitrogens with zero attached hydrogens (tertiary/aromatic N) is 4. The van der Waals surface area contributed by atoms with Crippen LogP contribution in [0.25, 0.3) is 21.9 Å². The third-order valence-electron chi connectivity index (χ3n) is 7.53. The number of rotatable bonds is 11. The number of nitrogen functional groups attached to an aromatic ring is 1. The summed E-state index contributed by atoms with van der Waals surface area (Å²) in [5.74, 6) is -2.35. The maximum Gasteiger partial charge on any atom is 0.323 e. The molecule has 2 aromatic heterocycles. The van der Waals surface area contributed by atoms with Crippen molar-refractivity contribution < 1.29 is 23.2 Å². The Morgan fingerprint density at radius 1 is 1.27 bits per heavy atom. The minimum Gasteiger partial charge on any atom is -0.464 e. The van der Waals surface area contributed by atoms with Crippen LogP contribution in [-0.4, -0.2) is 57.6 Å². The smallest absolute Gasteiger partial charge is 0.323 e. The summed E-state index contributed by atoms with van der Waals surface area (Å²) >= 11 is 6.12. The van der Waals surface area contributed by atoms with Crippen LogP contribution in [0.1, 0.15) is 52.8 Å². The van der Waals surface area contributed by atoms with Crippen LogP contribution in [0.2, 0.25) is 0 Å². The molecule has 1 aliphatic heterocycles. The van der Waals surface area contributed by atoms with Gasteiger partial charge < -0.3 is 25.0 Å². The average molecular weight is 658 g/mol. The number of carbonyl (C=O) groups is 1. The number of carbonyl (C=O) groups excluding carboxylic acids is 1. The van der Waals surface area contributed by atoms with E-state index in [1.807, 2.05) is 70.2 Å². The molecule has 2 aromatic carbocycles. The van der Waals surface area contributed by atoms with Crippen molar-refractivity contribution >= 4 is 57.9 Å². The second kappa shape index (κ2) is 12.9. The first-order valence-electron chi connectivity index (χ1n) is 14.9. The molecule has 0 bridgehead atoms. The monoisotopic (exact) mass is 657 g/mol. The zero-order chi connectivity index (χ0) is 32.6. The molecule has 0 spiro atoms. The summed E-state index contributed by atoms with van der Waals surface area (Å²) in [6, 6.07) is 13.1. The predicted octanol–water partition coefficient (Wildman–Crippen LogP) is 5.92. The van der Waals surface area contributed by atoms with Gasteiger partial charge in [0, 0.05) is 25.5 Å². The van der Waals surface area contributed by atoms with Gasteiger partial charge in [0.1, 0.15) is 25.3 Å². The van der Waals surface area contributed by atoms with E-state index in [4.69, 9.17) is 31.5 Å². The van der Waals surface area contributed by atoms with Gasteiger partial charge in [-0.05, 0) is 40.5 Å². The molecule has 14 heteroatoms. The number of nitrogens with one attached hydrogen (secondary N) is 2. The van der Waals surface area contributed by atoms with E-state index in [2.05, 4.69) is 25.4 Å². The highest BCUT2D eigenvalue weighted by molar-refractivity contribution is 8.10. The largest absolute Gasteiger partial charge is 0.464 e. The van der Waals surface area contributed by atoms with Gasteiger partial charge in [-0.2, -0.15) is 9.97 Å².